The lowest BCUT2D eigenvalue weighted by Gasteiger charge is -2.49. The number of thioether (sulfide) groups is 1. The molecule has 2 N–H and O–H groups in total. The third kappa shape index (κ3) is 8.24. The van der Waals surface area contributed by atoms with E-state index in [9.17, 15) is 24.0 Å². The number of oxime groups is 1. The van der Waals surface area contributed by atoms with Crippen LogP contribution in [0.2, 0.25) is 0 Å². The van der Waals surface area contributed by atoms with Gasteiger partial charge in [-0.1, -0.05) is 78.5 Å². The Morgan fingerprint density at radius 2 is 1.76 bits per heavy atom. The minimum absolute atomic E-state index is 0.0296. The Hall–Kier alpha value is -5.28. The topological polar surface area (TPSA) is 166 Å². The van der Waals surface area contributed by atoms with Gasteiger partial charge in [-0.25, -0.2) is 14.6 Å². The molecule has 2 unspecified atom stereocenters. The van der Waals surface area contributed by atoms with E-state index in [2.05, 4.69) is 27.4 Å². The number of carbonyl (C=O) groups is 5. The van der Waals surface area contributed by atoms with Crippen LogP contribution in [0.5, 0.6) is 0 Å². The summed E-state index contributed by atoms with van der Waals surface area (Å²) in [7, 11) is 0. The lowest BCUT2D eigenvalue weighted by molar-refractivity contribution is -0.160. The molecule has 0 spiro atoms. The first-order chi connectivity index (χ1) is 23.5. The van der Waals surface area contributed by atoms with E-state index in [0.717, 1.165) is 22.5 Å². The van der Waals surface area contributed by atoms with Crippen LogP contribution in [-0.4, -0.2) is 75.1 Å². The number of nitrogens with one attached hydrogen (secondary N) is 2. The number of rotatable bonds is 13. The second kappa shape index (κ2) is 15.3. The summed E-state index contributed by atoms with van der Waals surface area (Å²) in [5.41, 5.74) is 0.975. The zero-order valence-electron chi connectivity index (χ0n) is 26.8. The molecule has 0 aliphatic carbocycles. The molecule has 2 aromatic carbocycles. The molecule has 3 heterocycles. The second-order valence-corrected chi connectivity index (χ2v) is 13.6. The number of allylic oxidation sites excluding steroid dienone is 1. The highest BCUT2D eigenvalue weighted by Gasteiger charge is 2.54. The van der Waals surface area contributed by atoms with Crippen LogP contribution in [0.1, 0.15) is 43.7 Å². The minimum atomic E-state index is -1.05. The summed E-state index contributed by atoms with van der Waals surface area (Å²) in [5, 5.41) is 9.88. The van der Waals surface area contributed by atoms with E-state index in [4.69, 9.17) is 14.3 Å². The first-order valence-electron chi connectivity index (χ1n) is 15.0. The highest BCUT2D eigenvalue weighted by atomic mass is 32.2. The zero-order valence-corrected chi connectivity index (χ0v) is 28.4. The van der Waals surface area contributed by atoms with E-state index in [1.54, 1.807) is 20.8 Å². The maximum Gasteiger partial charge on any atom is 0.356 e. The highest BCUT2D eigenvalue weighted by Crippen LogP contribution is 2.42. The average Bonchev–Trinajstić information content (AvgIpc) is 3.55. The van der Waals surface area contributed by atoms with E-state index < -0.39 is 53.5 Å². The summed E-state index contributed by atoms with van der Waals surface area (Å²) in [5.74, 6) is -2.49. The normalized spacial score (nSPS) is 17.4. The zero-order chi connectivity index (χ0) is 35.1. The predicted molar refractivity (Wildman–Crippen MR) is 183 cm³/mol. The molecule has 3 amide bonds. The standard InChI is InChI=1S/C34H33N5O8S2/c1-5-20-17-48-31-26(37-29(42)25(23-18-49-33(36-23)35-19-40)38-45-16-24(41)47-34(2,3)4)30(43)39(31)27(20)32(44)46-28(21-12-8-6-9-13-21)22-14-10-7-11-15-22/h5-15,18-19,26,28,31H,1,16-17H2,2-4H3,(H,37,42)(H,35,36,40)/b38-25+. The van der Waals surface area contributed by atoms with Gasteiger partial charge in [-0.15, -0.1) is 23.1 Å². The van der Waals surface area contributed by atoms with Gasteiger partial charge < -0.3 is 24.9 Å². The molecule has 49 heavy (non-hydrogen) atoms. The fourth-order valence-electron chi connectivity index (χ4n) is 4.97. The molecule has 2 aliphatic heterocycles. The molecule has 0 bridgehead atoms. The molecule has 0 saturated carbocycles. The maximum absolute atomic E-state index is 13.9. The lowest BCUT2D eigenvalue weighted by atomic mass is 10.0. The third-order valence-electron chi connectivity index (χ3n) is 7.06. The van der Waals surface area contributed by atoms with Crippen molar-refractivity contribution in [1.29, 1.82) is 0 Å². The van der Waals surface area contributed by atoms with Crippen LogP contribution in [0.3, 0.4) is 0 Å². The number of esters is 2. The quantitative estimate of drug-likeness (QED) is 0.0876. The van der Waals surface area contributed by atoms with Crippen LogP contribution in [0.15, 0.2) is 95.1 Å². The van der Waals surface area contributed by atoms with E-state index >= 15 is 0 Å². The molecule has 2 aliphatic rings. The van der Waals surface area contributed by atoms with Gasteiger partial charge in [0.2, 0.25) is 13.0 Å². The Balaban J connectivity index is 1.35. The number of amides is 3. The Bertz CT molecular complexity index is 1760. The molecule has 254 valence electrons. The van der Waals surface area contributed by atoms with Gasteiger partial charge in [-0.2, -0.15) is 0 Å². The molecule has 0 radical (unpaired) electrons. The number of carbonyl (C=O) groups excluding carboxylic acids is 5. The van der Waals surface area contributed by atoms with Gasteiger partial charge in [0.1, 0.15) is 28.4 Å². The smallest absolute Gasteiger partial charge is 0.356 e. The van der Waals surface area contributed by atoms with Gasteiger partial charge in [0.05, 0.1) is 0 Å². The van der Waals surface area contributed by atoms with Crippen molar-refractivity contribution < 1.29 is 38.3 Å². The summed E-state index contributed by atoms with van der Waals surface area (Å²) in [4.78, 5) is 74.8. The molecule has 1 fully saturated rings. The number of hydrogen-bond acceptors (Lipinski definition) is 12. The molecule has 13 nitrogen and oxygen atoms in total. The molecule has 2 atom stereocenters. The fraction of sp³-hybridized carbons (Fsp3) is 0.265. The third-order valence-corrected chi connectivity index (χ3v) is 9.13. The van der Waals surface area contributed by atoms with E-state index in [1.807, 2.05) is 60.7 Å². The molecule has 5 rings (SSSR count). The van der Waals surface area contributed by atoms with Crippen molar-refractivity contribution in [1.82, 2.24) is 15.2 Å². The van der Waals surface area contributed by atoms with Crippen LogP contribution in [0.4, 0.5) is 5.13 Å². The number of fused-ring (bicyclic) bond motifs is 1. The predicted octanol–water partition coefficient (Wildman–Crippen LogP) is 3.95. The van der Waals surface area contributed by atoms with Crippen LogP contribution in [0, 0.1) is 0 Å². The Labute approximate surface area is 290 Å². The summed E-state index contributed by atoms with van der Waals surface area (Å²) >= 11 is 2.36. The molecule has 1 saturated heterocycles. The number of hydrogen-bond donors (Lipinski definition) is 2. The summed E-state index contributed by atoms with van der Waals surface area (Å²) in [6.45, 7) is 8.31. The van der Waals surface area contributed by atoms with E-state index in [1.165, 1.54) is 28.1 Å². The molecule has 1 aromatic heterocycles. The van der Waals surface area contributed by atoms with Crippen molar-refractivity contribution in [2.75, 3.05) is 17.7 Å². The van der Waals surface area contributed by atoms with Gasteiger partial charge in [0.15, 0.2) is 16.9 Å². The second-order valence-electron chi connectivity index (χ2n) is 11.6. The van der Waals surface area contributed by atoms with Gasteiger partial charge in [0.25, 0.3) is 11.8 Å². The van der Waals surface area contributed by atoms with E-state index in [0.29, 0.717) is 17.7 Å². The molecule has 15 heteroatoms. The van der Waals surface area contributed by atoms with E-state index in [-0.39, 0.29) is 22.2 Å². The average molecular weight is 704 g/mol. The first kappa shape index (κ1) is 35.0. The van der Waals surface area contributed by atoms with Gasteiger partial charge in [0, 0.05) is 11.1 Å². The Kier molecular flexibility index (Phi) is 10.9. The van der Waals surface area contributed by atoms with Crippen molar-refractivity contribution >= 4 is 64.1 Å². The number of thiazole rings is 1. The number of anilines is 1. The Morgan fingerprint density at radius 3 is 2.35 bits per heavy atom. The number of ether oxygens (including phenoxy) is 2. The SMILES string of the molecule is C=CC1=C(C(=O)OC(c2ccccc2)c2ccccc2)N2C(=O)C(NC(=O)/C(=N/OCC(=O)OC(C)(C)C)c3csc(NC=O)n3)C2SC1. The van der Waals surface area contributed by atoms with Crippen molar-refractivity contribution in [3.8, 4) is 0 Å². The number of β-lactam (4-membered cyclic amide) rings is 1. The number of benzene rings is 2. The highest BCUT2D eigenvalue weighted by molar-refractivity contribution is 8.00. The van der Waals surface area contributed by atoms with Crippen LogP contribution in [-0.2, 0) is 38.3 Å². The fourth-order valence-corrected chi connectivity index (χ4v) is 6.96. The number of aromatic nitrogens is 1. The van der Waals surface area contributed by atoms with Crippen LogP contribution >= 0.6 is 23.1 Å². The van der Waals surface area contributed by atoms with Gasteiger partial charge in [-0.3, -0.25) is 19.3 Å². The molecule has 3 aromatic rings. The van der Waals surface area contributed by atoms with Crippen molar-refractivity contribution in [2.24, 2.45) is 5.16 Å². The lowest BCUT2D eigenvalue weighted by Crippen LogP contribution is -2.71. The van der Waals surface area contributed by atoms with Crippen LogP contribution < -0.4 is 10.6 Å². The molecular weight excluding hydrogens is 671 g/mol. The van der Waals surface area contributed by atoms with Gasteiger partial charge in [-0.05, 0) is 37.5 Å². The maximum atomic E-state index is 13.9. The van der Waals surface area contributed by atoms with Crippen LogP contribution in [0.25, 0.3) is 0 Å². The largest absolute Gasteiger partial charge is 0.457 e. The Morgan fingerprint density at radius 1 is 1.10 bits per heavy atom. The minimum Gasteiger partial charge on any atom is -0.457 e. The molecular formula is C34H33N5O8S2. The monoisotopic (exact) mass is 703 g/mol. The van der Waals surface area contributed by atoms with Crippen molar-refractivity contribution in [2.45, 2.75) is 43.9 Å². The first-order valence-corrected chi connectivity index (χ1v) is 16.9. The van der Waals surface area contributed by atoms with Crippen molar-refractivity contribution in [3.05, 3.63) is 107 Å². The number of nitrogens with zero attached hydrogens (tertiary/aromatic N) is 3. The van der Waals surface area contributed by atoms with Gasteiger partial charge >= 0.3 is 11.9 Å². The summed E-state index contributed by atoms with van der Waals surface area (Å²) in [6, 6.07) is 17.5. The summed E-state index contributed by atoms with van der Waals surface area (Å²) in [6.07, 6.45) is 1.19. The summed E-state index contributed by atoms with van der Waals surface area (Å²) < 4.78 is 11.3. The van der Waals surface area contributed by atoms with Crippen molar-refractivity contribution in [3.63, 3.8) is 0 Å².